The molecule has 1 saturated heterocycles. The van der Waals surface area contributed by atoms with E-state index in [1.165, 1.54) is 11.3 Å². The van der Waals surface area contributed by atoms with E-state index in [1.807, 2.05) is 18.2 Å². The molecule has 4 aromatic heterocycles. The van der Waals surface area contributed by atoms with Gasteiger partial charge in [0.15, 0.2) is 11.1 Å². The van der Waals surface area contributed by atoms with E-state index < -0.39 is 5.69 Å². The van der Waals surface area contributed by atoms with Gasteiger partial charge in [-0.1, -0.05) is 0 Å². The van der Waals surface area contributed by atoms with Crippen LogP contribution < -0.4 is 22.1 Å². The van der Waals surface area contributed by atoms with E-state index in [0.717, 1.165) is 24.1 Å². The summed E-state index contributed by atoms with van der Waals surface area (Å²) in [6.45, 7) is 1.24. The van der Waals surface area contributed by atoms with Gasteiger partial charge in [-0.3, -0.25) is 14.8 Å². The third-order valence-electron chi connectivity index (χ3n) is 5.96. The van der Waals surface area contributed by atoms with Crippen molar-refractivity contribution in [3.63, 3.8) is 0 Å². The summed E-state index contributed by atoms with van der Waals surface area (Å²) in [5, 5.41) is 15.0. The van der Waals surface area contributed by atoms with Crippen molar-refractivity contribution in [2.45, 2.75) is 31.3 Å². The Morgan fingerprint density at radius 2 is 2.15 bits per heavy atom. The smallest absolute Gasteiger partial charge is 0.326 e. The van der Waals surface area contributed by atoms with Crippen LogP contribution in [0.1, 0.15) is 34.6 Å². The fourth-order valence-electron chi connectivity index (χ4n) is 4.04. The predicted molar refractivity (Wildman–Crippen MR) is 125 cm³/mol. The van der Waals surface area contributed by atoms with E-state index in [-0.39, 0.29) is 29.6 Å². The number of aromatic amines is 2. The maximum atomic E-state index is 12.9. The van der Waals surface area contributed by atoms with Gasteiger partial charge in [0, 0.05) is 30.4 Å². The Balaban J connectivity index is 1.46. The normalized spacial score (nSPS) is 19.6. The van der Waals surface area contributed by atoms with Crippen molar-refractivity contribution < 1.29 is 9.90 Å². The van der Waals surface area contributed by atoms with E-state index in [9.17, 15) is 14.7 Å². The van der Waals surface area contributed by atoms with E-state index >= 15 is 0 Å². The molecule has 1 aliphatic heterocycles. The summed E-state index contributed by atoms with van der Waals surface area (Å²) in [5.41, 5.74) is 7.57. The zero-order chi connectivity index (χ0) is 23.4. The highest BCUT2D eigenvalue weighted by atomic mass is 32.1. The third kappa shape index (κ3) is 3.80. The number of nitrogens with one attached hydrogen (secondary N) is 2. The molecule has 1 saturated carbocycles. The Hall–Kier alpha value is -3.77. The first-order chi connectivity index (χ1) is 16.4. The van der Waals surface area contributed by atoms with Crippen LogP contribution in [-0.2, 0) is 0 Å². The Kier molecular flexibility index (Phi) is 4.85. The first-order valence-electron chi connectivity index (χ1n) is 11.1. The summed E-state index contributed by atoms with van der Waals surface area (Å²) in [7, 11) is 0. The van der Waals surface area contributed by atoms with Crippen molar-refractivity contribution in [1.82, 2.24) is 29.5 Å². The monoisotopic (exact) mass is 478 g/mol. The first-order valence-corrected chi connectivity index (χ1v) is 11.9. The molecular weight excluding hydrogens is 456 g/mol. The molecule has 0 radical (unpaired) electrons. The molecule has 0 spiro atoms. The minimum absolute atomic E-state index is 0.0153. The summed E-state index contributed by atoms with van der Waals surface area (Å²) < 4.78 is 1.65. The number of carbonyl (C=O) groups excluding carboxylic acids is 1. The van der Waals surface area contributed by atoms with Gasteiger partial charge in [0.2, 0.25) is 5.88 Å². The van der Waals surface area contributed by atoms with Crippen LogP contribution in [0.5, 0.6) is 5.88 Å². The number of thiophene rings is 1. The second-order valence-electron chi connectivity index (χ2n) is 8.64. The number of hydrogen-bond donors (Lipinski definition) is 4. The Labute approximate surface area is 196 Å². The minimum atomic E-state index is -0.506. The highest BCUT2D eigenvalue weighted by Gasteiger charge is 2.26. The molecule has 2 aliphatic rings. The fourth-order valence-corrected chi connectivity index (χ4v) is 4.98. The number of aromatic hydroxyl groups is 1. The molecule has 1 aliphatic carbocycles. The zero-order valence-electron chi connectivity index (χ0n) is 18.1. The number of nitrogens with two attached hydrogens (primary N) is 1. The SMILES string of the molecule is N[C@H]1CCN(C(=O)c2ccc(-c3cc(=NC4CC4)n4nc/c(=C\c5[nH]c(=O)[nH]c5O)c4n3)s2)C1. The largest absolute Gasteiger partial charge is 0.493 e. The number of rotatable bonds is 4. The lowest BCUT2D eigenvalue weighted by Crippen LogP contribution is -2.31. The number of hydrogen-bond acceptors (Lipinski definition) is 8. The van der Waals surface area contributed by atoms with Crippen LogP contribution in [0.4, 0.5) is 0 Å². The van der Waals surface area contributed by atoms with Crippen LogP contribution in [0.25, 0.3) is 22.3 Å². The second kappa shape index (κ2) is 7.92. The molecule has 0 bridgehead atoms. The molecule has 11 nitrogen and oxygen atoms in total. The lowest BCUT2D eigenvalue weighted by molar-refractivity contribution is 0.0795. The van der Waals surface area contributed by atoms with Crippen molar-refractivity contribution >= 4 is 29.0 Å². The molecule has 5 N–H and O–H groups in total. The Bertz CT molecular complexity index is 1590. The minimum Gasteiger partial charge on any atom is -0.493 e. The molecule has 1 amide bonds. The number of likely N-dealkylation sites (tertiary alicyclic amines) is 1. The average molecular weight is 479 g/mol. The topological polar surface area (TPSA) is 158 Å². The van der Waals surface area contributed by atoms with Crippen molar-refractivity contribution in [2.75, 3.05) is 13.1 Å². The third-order valence-corrected chi connectivity index (χ3v) is 7.05. The standard InChI is InChI=1S/C22H22N8O3S/c23-12-5-6-29(10-12)21(32)17-4-3-16(34-17)14-8-18(25-13-1-2-13)30-19(26-14)11(9-24-30)7-15-20(31)28-22(33)27-15/h3-4,7-9,12-13,31H,1-2,5-6,10,23H2,(H2,27,28,33)/b11-7+,25-18?/t12-/m0/s1. The highest BCUT2D eigenvalue weighted by molar-refractivity contribution is 7.17. The predicted octanol–water partition coefficient (Wildman–Crippen LogP) is -0.0362. The number of nitrogens with zero attached hydrogens (tertiary/aromatic N) is 5. The van der Waals surface area contributed by atoms with Gasteiger partial charge in [0.05, 0.1) is 27.7 Å². The fraction of sp³-hybridized carbons (Fsp3) is 0.318. The summed E-state index contributed by atoms with van der Waals surface area (Å²) in [6, 6.07) is 5.89. The number of amides is 1. The van der Waals surface area contributed by atoms with Gasteiger partial charge in [-0.15, -0.1) is 11.3 Å². The maximum Gasteiger partial charge on any atom is 0.326 e. The van der Waals surface area contributed by atoms with Crippen LogP contribution in [0.15, 0.2) is 34.2 Å². The van der Waals surface area contributed by atoms with Crippen LogP contribution in [0, 0.1) is 0 Å². The quantitative estimate of drug-likeness (QED) is 0.322. The van der Waals surface area contributed by atoms with Gasteiger partial charge in [-0.05, 0) is 37.5 Å². The van der Waals surface area contributed by atoms with Gasteiger partial charge < -0.3 is 20.7 Å². The number of aromatic nitrogens is 5. The van der Waals surface area contributed by atoms with E-state index in [2.05, 4.69) is 15.1 Å². The molecule has 5 heterocycles. The number of carbonyl (C=O) groups is 1. The summed E-state index contributed by atoms with van der Waals surface area (Å²) in [5.74, 6) is -0.273. The van der Waals surface area contributed by atoms with Crippen LogP contribution in [0.3, 0.4) is 0 Å². The average Bonchev–Trinajstić information content (AvgIpc) is 3.18. The van der Waals surface area contributed by atoms with E-state index in [4.69, 9.17) is 15.7 Å². The zero-order valence-corrected chi connectivity index (χ0v) is 18.9. The van der Waals surface area contributed by atoms with Crippen molar-refractivity contribution in [2.24, 2.45) is 10.7 Å². The molecule has 6 rings (SSSR count). The van der Waals surface area contributed by atoms with Gasteiger partial charge in [-0.2, -0.15) is 9.61 Å². The molecular formula is C22H22N8O3S. The van der Waals surface area contributed by atoms with Gasteiger partial charge >= 0.3 is 5.69 Å². The Morgan fingerprint density at radius 3 is 2.85 bits per heavy atom. The van der Waals surface area contributed by atoms with Gasteiger partial charge in [0.1, 0.15) is 5.69 Å². The number of fused-ring (bicyclic) bond motifs is 1. The second-order valence-corrected chi connectivity index (χ2v) is 9.73. The molecule has 0 unspecified atom stereocenters. The van der Waals surface area contributed by atoms with E-state index in [1.54, 1.807) is 21.7 Å². The van der Waals surface area contributed by atoms with Gasteiger partial charge in [-0.25, -0.2) is 9.78 Å². The van der Waals surface area contributed by atoms with E-state index in [0.29, 0.717) is 40.0 Å². The lowest BCUT2D eigenvalue weighted by atomic mass is 10.3. The molecule has 34 heavy (non-hydrogen) atoms. The highest BCUT2D eigenvalue weighted by Crippen LogP contribution is 2.28. The first kappa shape index (κ1) is 20.8. The lowest BCUT2D eigenvalue weighted by Gasteiger charge is -2.14. The van der Waals surface area contributed by atoms with Crippen molar-refractivity contribution in [1.29, 1.82) is 0 Å². The molecule has 12 heteroatoms. The molecule has 4 aromatic rings. The van der Waals surface area contributed by atoms with Crippen LogP contribution >= 0.6 is 11.3 Å². The molecule has 0 aromatic carbocycles. The molecule has 174 valence electrons. The van der Waals surface area contributed by atoms with Gasteiger partial charge in [0.25, 0.3) is 5.91 Å². The molecule has 2 fully saturated rings. The maximum absolute atomic E-state index is 12.9. The summed E-state index contributed by atoms with van der Waals surface area (Å²) in [4.78, 5) is 42.1. The van der Waals surface area contributed by atoms with Crippen molar-refractivity contribution in [3.05, 3.63) is 56.2 Å². The van der Waals surface area contributed by atoms with Crippen molar-refractivity contribution in [3.8, 4) is 16.5 Å². The number of H-pyrrole nitrogens is 2. The number of imidazole rings is 1. The van der Waals surface area contributed by atoms with Crippen LogP contribution in [-0.4, -0.2) is 65.7 Å². The van der Waals surface area contributed by atoms with Crippen LogP contribution in [0.2, 0.25) is 0 Å². The molecule has 1 atom stereocenters. The Morgan fingerprint density at radius 1 is 1.29 bits per heavy atom. The summed E-state index contributed by atoms with van der Waals surface area (Å²) >= 11 is 1.38. The summed E-state index contributed by atoms with van der Waals surface area (Å²) in [6.07, 6.45) is 6.10.